The fourth-order valence-electron chi connectivity index (χ4n) is 1.39. The Morgan fingerprint density at radius 3 is 2.72 bits per heavy atom. The van der Waals surface area contributed by atoms with Crippen LogP contribution in [0, 0.1) is 6.92 Å². The highest BCUT2D eigenvalue weighted by Gasteiger charge is 2.10. The van der Waals surface area contributed by atoms with Crippen molar-refractivity contribution in [1.82, 2.24) is 15.0 Å². The summed E-state index contributed by atoms with van der Waals surface area (Å²) in [6.07, 6.45) is 0.925. The van der Waals surface area contributed by atoms with Crippen LogP contribution >= 0.6 is 11.3 Å². The number of thiophene rings is 1. The molecular formula is C12H16N4OS. The van der Waals surface area contributed by atoms with Gasteiger partial charge in [0.2, 0.25) is 5.95 Å². The van der Waals surface area contributed by atoms with Gasteiger partial charge in [0.05, 0.1) is 11.5 Å². The first-order valence-corrected chi connectivity index (χ1v) is 6.68. The second-order valence-electron chi connectivity index (χ2n) is 3.77. The van der Waals surface area contributed by atoms with Crippen molar-refractivity contribution in [2.24, 2.45) is 0 Å². The van der Waals surface area contributed by atoms with Gasteiger partial charge < -0.3 is 10.1 Å². The number of anilines is 1. The largest absolute Gasteiger partial charge is 0.463 e. The Labute approximate surface area is 110 Å². The van der Waals surface area contributed by atoms with Crippen LogP contribution in [0.4, 0.5) is 5.95 Å². The molecule has 0 amide bonds. The van der Waals surface area contributed by atoms with Crippen molar-refractivity contribution >= 4 is 17.3 Å². The number of nitrogens with one attached hydrogen (secondary N) is 1. The summed E-state index contributed by atoms with van der Waals surface area (Å²) in [6, 6.07) is 4.44. The fraction of sp³-hybridized carbons (Fsp3) is 0.417. The van der Waals surface area contributed by atoms with E-state index in [1.165, 1.54) is 4.88 Å². The van der Waals surface area contributed by atoms with Gasteiger partial charge in [-0.05, 0) is 25.5 Å². The van der Waals surface area contributed by atoms with E-state index in [0.29, 0.717) is 24.4 Å². The number of aromatic nitrogens is 3. The summed E-state index contributed by atoms with van der Waals surface area (Å²) in [4.78, 5) is 15.1. The maximum absolute atomic E-state index is 5.47. The molecule has 2 aromatic heterocycles. The highest BCUT2D eigenvalue weighted by atomic mass is 32.1. The lowest BCUT2D eigenvalue weighted by molar-refractivity contribution is 0.292. The van der Waals surface area contributed by atoms with Crippen molar-refractivity contribution in [3.63, 3.8) is 0 Å². The summed E-state index contributed by atoms with van der Waals surface area (Å²) in [5, 5.41) is 2.92. The highest BCUT2D eigenvalue weighted by molar-refractivity contribution is 7.15. The smallest absolute Gasteiger partial charge is 0.321 e. The van der Waals surface area contributed by atoms with Crippen molar-refractivity contribution in [3.05, 3.63) is 17.0 Å². The van der Waals surface area contributed by atoms with Crippen LogP contribution < -0.4 is 10.1 Å². The Bertz CT molecular complexity index is 527. The molecule has 0 fully saturated rings. The first-order chi connectivity index (χ1) is 8.72. The van der Waals surface area contributed by atoms with Crippen LogP contribution in [0.25, 0.3) is 10.7 Å². The summed E-state index contributed by atoms with van der Waals surface area (Å²) < 4.78 is 5.47. The van der Waals surface area contributed by atoms with Crippen molar-refractivity contribution in [2.45, 2.75) is 20.3 Å². The van der Waals surface area contributed by atoms with Gasteiger partial charge in [-0.1, -0.05) is 6.92 Å². The van der Waals surface area contributed by atoms with Crippen molar-refractivity contribution < 1.29 is 4.74 Å². The molecule has 0 bridgehead atoms. The minimum Gasteiger partial charge on any atom is -0.463 e. The van der Waals surface area contributed by atoms with E-state index >= 15 is 0 Å². The Morgan fingerprint density at radius 1 is 1.28 bits per heavy atom. The van der Waals surface area contributed by atoms with Crippen LogP contribution in [0.5, 0.6) is 6.01 Å². The van der Waals surface area contributed by atoms with Gasteiger partial charge >= 0.3 is 6.01 Å². The highest BCUT2D eigenvalue weighted by Crippen LogP contribution is 2.26. The summed E-state index contributed by atoms with van der Waals surface area (Å²) in [5.74, 6) is 1.18. The van der Waals surface area contributed by atoms with Gasteiger partial charge in [0.25, 0.3) is 0 Å². The number of ether oxygens (including phenoxy) is 1. The molecule has 0 aliphatic heterocycles. The predicted molar refractivity (Wildman–Crippen MR) is 73.2 cm³/mol. The third-order valence-electron chi connectivity index (χ3n) is 2.23. The van der Waals surface area contributed by atoms with Crippen molar-refractivity contribution in [1.29, 1.82) is 0 Å². The minimum absolute atomic E-state index is 0.372. The van der Waals surface area contributed by atoms with Crippen LogP contribution in [0.15, 0.2) is 12.1 Å². The van der Waals surface area contributed by atoms with Gasteiger partial charge in [0.15, 0.2) is 5.82 Å². The minimum atomic E-state index is 0.372. The van der Waals surface area contributed by atoms with Crippen LogP contribution in [0.2, 0.25) is 0 Å². The standard InChI is InChI=1S/C12H16N4OS/c1-4-7-17-12-15-10(14-11(13-3)16-12)9-6-5-8(2)18-9/h5-6H,4,7H2,1-3H3,(H,13,14,15,16). The quantitative estimate of drug-likeness (QED) is 0.899. The third-order valence-corrected chi connectivity index (χ3v) is 3.23. The lowest BCUT2D eigenvalue weighted by Gasteiger charge is -2.06. The molecule has 2 rings (SSSR count). The molecule has 0 unspecified atom stereocenters. The number of hydrogen-bond acceptors (Lipinski definition) is 6. The van der Waals surface area contributed by atoms with E-state index in [1.54, 1.807) is 18.4 Å². The normalized spacial score (nSPS) is 10.4. The molecule has 0 aliphatic rings. The average molecular weight is 264 g/mol. The van der Waals surface area contributed by atoms with Crippen LogP contribution in [-0.4, -0.2) is 28.6 Å². The van der Waals surface area contributed by atoms with E-state index in [2.05, 4.69) is 33.3 Å². The van der Waals surface area contributed by atoms with E-state index in [1.807, 2.05) is 13.0 Å². The zero-order valence-corrected chi connectivity index (χ0v) is 11.5. The summed E-state index contributed by atoms with van der Waals surface area (Å²) >= 11 is 1.66. The van der Waals surface area contributed by atoms with Crippen LogP contribution in [0.1, 0.15) is 18.2 Å². The first kappa shape index (κ1) is 12.8. The SMILES string of the molecule is CCCOc1nc(NC)nc(-c2ccc(C)s2)n1. The molecule has 2 aromatic rings. The Morgan fingerprint density at radius 2 is 2.11 bits per heavy atom. The third kappa shape index (κ3) is 2.95. The molecule has 0 aromatic carbocycles. The van der Waals surface area contributed by atoms with E-state index in [0.717, 1.165) is 11.3 Å². The topological polar surface area (TPSA) is 59.9 Å². The number of hydrogen-bond donors (Lipinski definition) is 1. The maximum Gasteiger partial charge on any atom is 0.321 e. The Balaban J connectivity index is 2.34. The summed E-state index contributed by atoms with van der Waals surface area (Å²) in [5.41, 5.74) is 0. The fourth-order valence-corrected chi connectivity index (χ4v) is 2.19. The number of rotatable bonds is 5. The molecule has 0 spiro atoms. The predicted octanol–water partition coefficient (Wildman–Crippen LogP) is 2.74. The molecule has 0 aliphatic carbocycles. The van der Waals surface area contributed by atoms with Gasteiger partial charge in [-0.15, -0.1) is 11.3 Å². The van der Waals surface area contributed by atoms with Gasteiger partial charge in [-0.3, -0.25) is 0 Å². The molecule has 0 radical (unpaired) electrons. The van der Waals surface area contributed by atoms with Gasteiger partial charge in [0.1, 0.15) is 0 Å². The molecule has 18 heavy (non-hydrogen) atoms. The Kier molecular flexibility index (Phi) is 4.09. The number of nitrogens with zero attached hydrogens (tertiary/aromatic N) is 3. The molecule has 0 saturated carbocycles. The lowest BCUT2D eigenvalue weighted by atomic mass is 10.4. The molecule has 96 valence electrons. The number of aryl methyl sites for hydroxylation is 1. The lowest BCUT2D eigenvalue weighted by Crippen LogP contribution is -2.05. The van der Waals surface area contributed by atoms with Crippen LogP contribution in [0.3, 0.4) is 0 Å². The van der Waals surface area contributed by atoms with Gasteiger partial charge in [0, 0.05) is 11.9 Å². The van der Waals surface area contributed by atoms with E-state index in [-0.39, 0.29) is 0 Å². The average Bonchev–Trinajstić information content (AvgIpc) is 2.82. The van der Waals surface area contributed by atoms with Gasteiger partial charge in [-0.2, -0.15) is 15.0 Å². The molecule has 0 atom stereocenters. The molecule has 0 saturated heterocycles. The van der Waals surface area contributed by atoms with E-state index in [4.69, 9.17) is 4.74 Å². The first-order valence-electron chi connectivity index (χ1n) is 5.86. The van der Waals surface area contributed by atoms with E-state index in [9.17, 15) is 0 Å². The molecule has 2 heterocycles. The summed E-state index contributed by atoms with van der Waals surface area (Å²) in [6.45, 7) is 4.71. The van der Waals surface area contributed by atoms with Crippen molar-refractivity contribution in [2.75, 3.05) is 19.0 Å². The second kappa shape index (κ2) is 5.77. The van der Waals surface area contributed by atoms with Gasteiger partial charge in [-0.25, -0.2) is 0 Å². The maximum atomic E-state index is 5.47. The molecule has 5 nitrogen and oxygen atoms in total. The van der Waals surface area contributed by atoms with E-state index < -0.39 is 0 Å². The zero-order valence-electron chi connectivity index (χ0n) is 10.7. The molecular weight excluding hydrogens is 248 g/mol. The second-order valence-corrected chi connectivity index (χ2v) is 5.06. The van der Waals surface area contributed by atoms with Crippen LogP contribution in [-0.2, 0) is 0 Å². The summed E-state index contributed by atoms with van der Waals surface area (Å²) in [7, 11) is 1.78. The monoisotopic (exact) mass is 264 g/mol. The molecule has 1 N–H and O–H groups in total. The molecule has 6 heteroatoms. The van der Waals surface area contributed by atoms with Crippen molar-refractivity contribution in [3.8, 4) is 16.7 Å². The zero-order chi connectivity index (χ0) is 13.0. The Hall–Kier alpha value is -1.69.